The second-order valence-corrected chi connectivity index (χ2v) is 5.19. The Morgan fingerprint density at radius 2 is 2.14 bits per heavy atom. The number of anilines is 1. The van der Waals surface area contributed by atoms with Crippen molar-refractivity contribution in [2.75, 3.05) is 18.5 Å². The Morgan fingerprint density at radius 1 is 1.43 bits per heavy atom. The van der Waals surface area contributed by atoms with Crippen LogP contribution in [0.25, 0.3) is 5.82 Å². The molecule has 2 aromatic heterocycles. The summed E-state index contributed by atoms with van der Waals surface area (Å²) < 4.78 is 1.72. The maximum absolute atomic E-state index is 10.9. The Kier molecular flexibility index (Phi) is 4.21. The highest BCUT2D eigenvalue weighted by Gasteiger charge is 2.15. The minimum absolute atomic E-state index is 0.366. The van der Waals surface area contributed by atoms with Gasteiger partial charge in [-0.1, -0.05) is 6.92 Å². The molecule has 1 unspecified atom stereocenters. The monoisotopic (exact) mass is 289 g/mol. The van der Waals surface area contributed by atoms with Crippen LogP contribution in [0.15, 0.2) is 18.5 Å². The fourth-order valence-corrected chi connectivity index (χ4v) is 2.07. The first-order valence-corrected chi connectivity index (χ1v) is 6.68. The highest BCUT2D eigenvalue weighted by Crippen LogP contribution is 2.14. The number of aryl methyl sites for hydroxylation is 2. The normalized spacial score (nSPS) is 12.2. The summed E-state index contributed by atoms with van der Waals surface area (Å²) >= 11 is 0. The van der Waals surface area contributed by atoms with Crippen molar-refractivity contribution in [3.63, 3.8) is 0 Å². The molecule has 0 radical (unpaired) electrons. The van der Waals surface area contributed by atoms with E-state index in [9.17, 15) is 4.79 Å². The van der Waals surface area contributed by atoms with E-state index in [0.717, 1.165) is 11.4 Å². The minimum Gasteiger partial charge on any atom is -0.481 e. The number of hydrogen-bond acceptors (Lipinski definition) is 5. The highest BCUT2D eigenvalue weighted by atomic mass is 16.4. The van der Waals surface area contributed by atoms with E-state index in [-0.39, 0.29) is 0 Å². The van der Waals surface area contributed by atoms with E-state index in [2.05, 4.69) is 15.1 Å². The van der Waals surface area contributed by atoms with E-state index in [1.165, 1.54) is 0 Å². The van der Waals surface area contributed by atoms with Gasteiger partial charge in [0.1, 0.15) is 5.82 Å². The van der Waals surface area contributed by atoms with Gasteiger partial charge in [-0.2, -0.15) is 5.10 Å². The van der Waals surface area contributed by atoms with Gasteiger partial charge in [0, 0.05) is 19.3 Å². The topological polar surface area (TPSA) is 84.1 Å². The third-order valence-corrected chi connectivity index (χ3v) is 3.20. The van der Waals surface area contributed by atoms with Gasteiger partial charge in [-0.3, -0.25) is 9.78 Å². The molecule has 0 aromatic carbocycles. The van der Waals surface area contributed by atoms with Crippen molar-refractivity contribution in [3.8, 4) is 5.82 Å². The average Bonchev–Trinajstić information content (AvgIpc) is 2.77. The van der Waals surface area contributed by atoms with Gasteiger partial charge in [0.05, 0.1) is 24.0 Å². The standard InChI is InChI=1S/C14H19N5O2/c1-9(14(20)21)8-18(4)12-6-15-7-13(16-12)19-11(3)5-10(2)17-19/h5-7,9H,8H2,1-4H3,(H,20,21). The molecular weight excluding hydrogens is 270 g/mol. The van der Waals surface area contributed by atoms with Crippen LogP contribution in [0.2, 0.25) is 0 Å². The van der Waals surface area contributed by atoms with E-state index in [4.69, 9.17) is 5.11 Å². The summed E-state index contributed by atoms with van der Waals surface area (Å²) in [5.41, 5.74) is 1.88. The van der Waals surface area contributed by atoms with Crippen LogP contribution in [0.3, 0.4) is 0 Å². The molecule has 0 aliphatic rings. The molecule has 0 bridgehead atoms. The minimum atomic E-state index is -0.829. The molecule has 0 aliphatic carbocycles. The lowest BCUT2D eigenvalue weighted by Crippen LogP contribution is -2.29. The number of hydrogen-bond donors (Lipinski definition) is 1. The molecule has 0 saturated carbocycles. The fourth-order valence-electron chi connectivity index (χ4n) is 2.07. The number of carboxylic acid groups (broad SMARTS) is 1. The maximum Gasteiger partial charge on any atom is 0.308 e. The van der Waals surface area contributed by atoms with E-state index < -0.39 is 11.9 Å². The van der Waals surface area contributed by atoms with E-state index >= 15 is 0 Å². The molecule has 0 saturated heterocycles. The summed E-state index contributed by atoms with van der Waals surface area (Å²) in [6.45, 7) is 5.90. The zero-order valence-corrected chi connectivity index (χ0v) is 12.6. The number of aliphatic carboxylic acids is 1. The van der Waals surface area contributed by atoms with Gasteiger partial charge in [-0.25, -0.2) is 9.67 Å². The van der Waals surface area contributed by atoms with Crippen molar-refractivity contribution in [2.45, 2.75) is 20.8 Å². The fraction of sp³-hybridized carbons (Fsp3) is 0.429. The first-order valence-electron chi connectivity index (χ1n) is 6.68. The first-order chi connectivity index (χ1) is 9.88. The van der Waals surface area contributed by atoms with Gasteiger partial charge in [-0.15, -0.1) is 0 Å². The van der Waals surface area contributed by atoms with Crippen LogP contribution in [0.5, 0.6) is 0 Å². The molecule has 0 spiro atoms. The van der Waals surface area contributed by atoms with Crippen molar-refractivity contribution in [1.82, 2.24) is 19.7 Å². The summed E-state index contributed by atoms with van der Waals surface area (Å²) in [7, 11) is 1.80. The largest absolute Gasteiger partial charge is 0.481 e. The predicted molar refractivity (Wildman–Crippen MR) is 78.7 cm³/mol. The van der Waals surface area contributed by atoms with E-state index in [1.54, 1.807) is 35.9 Å². The lowest BCUT2D eigenvalue weighted by atomic mass is 10.2. The molecule has 7 heteroatoms. The number of carboxylic acids is 1. The zero-order chi connectivity index (χ0) is 15.6. The van der Waals surface area contributed by atoms with E-state index in [0.29, 0.717) is 18.2 Å². The van der Waals surface area contributed by atoms with Crippen molar-refractivity contribution < 1.29 is 9.90 Å². The lowest BCUT2D eigenvalue weighted by Gasteiger charge is -2.20. The van der Waals surface area contributed by atoms with Gasteiger partial charge in [0.2, 0.25) is 0 Å². The molecule has 0 aliphatic heterocycles. The smallest absolute Gasteiger partial charge is 0.308 e. The molecular formula is C14H19N5O2. The highest BCUT2D eigenvalue weighted by molar-refractivity contribution is 5.70. The molecule has 112 valence electrons. The molecule has 2 heterocycles. The zero-order valence-electron chi connectivity index (χ0n) is 12.6. The Labute approximate surface area is 123 Å². The molecule has 1 atom stereocenters. The van der Waals surface area contributed by atoms with Crippen LogP contribution in [0, 0.1) is 19.8 Å². The van der Waals surface area contributed by atoms with Crippen LogP contribution in [0.4, 0.5) is 5.82 Å². The summed E-state index contributed by atoms with van der Waals surface area (Å²) in [6, 6.07) is 1.96. The summed E-state index contributed by atoms with van der Waals surface area (Å²) in [6.07, 6.45) is 3.25. The Bertz CT molecular complexity index is 653. The van der Waals surface area contributed by atoms with Gasteiger partial charge >= 0.3 is 5.97 Å². The third kappa shape index (κ3) is 3.36. The van der Waals surface area contributed by atoms with Crippen molar-refractivity contribution >= 4 is 11.8 Å². The van der Waals surface area contributed by atoms with Crippen LogP contribution in [-0.2, 0) is 4.79 Å². The molecule has 2 rings (SSSR count). The van der Waals surface area contributed by atoms with Crippen LogP contribution < -0.4 is 4.90 Å². The average molecular weight is 289 g/mol. The molecule has 1 N–H and O–H groups in total. The predicted octanol–water partition coefficient (Wildman–Crippen LogP) is 1.44. The lowest BCUT2D eigenvalue weighted by molar-refractivity contribution is -0.140. The van der Waals surface area contributed by atoms with Gasteiger partial charge < -0.3 is 10.0 Å². The number of rotatable bonds is 5. The van der Waals surface area contributed by atoms with Crippen LogP contribution in [0.1, 0.15) is 18.3 Å². The second kappa shape index (κ2) is 5.90. The number of nitrogens with zero attached hydrogens (tertiary/aromatic N) is 5. The Hall–Kier alpha value is -2.44. The molecule has 2 aromatic rings. The summed E-state index contributed by atoms with van der Waals surface area (Å²) in [5, 5.41) is 13.3. The Morgan fingerprint density at radius 3 is 2.71 bits per heavy atom. The van der Waals surface area contributed by atoms with Crippen LogP contribution >= 0.6 is 0 Å². The van der Waals surface area contributed by atoms with Crippen molar-refractivity contribution in [2.24, 2.45) is 5.92 Å². The maximum atomic E-state index is 10.9. The molecule has 0 fully saturated rings. The summed E-state index contributed by atoms with van der Waals surface area (Å²) in [4.78, 5) is 21.4. The molecule has 0 amide bonds. The van der Waals surface area contributed by atoms with Gasteiger partial charge in [0.15, 0.2) is 5.82 Å². The summed E-state index contributed by atoms with van der Waals surface area (Å²) in [5.74, 6) is -0.0697. The molecule has 7 nitrogen and oxygen atoms in total. The third-order valence-electron chi connectivity index (χ3n) is 3.20. The quantitative estimate of drug-likeness (QED) is 0.896. The van der Waals surface area contributed by atoms with Gasteiger partial charge in [-0.05, 0) is 19.9 Å². The van der Waals surface area contributed by atoms with Gasteiger partial charge in [0.25, 0.3) is 0 Å². The van der Waals surface area contributed by atoms with Crippen molar-refractivity contribution in [3.05, 3.63) is 29.8 Å². The number of carbonyl (C=O) groups is 1. The second-order valence-electron chi connectivity index (χ2n) is 5.19. The van der Waals surface area contributed by atoms with E-state index in [1.807, 2.05) is 19.9 Å². The first kappa shape index (κ1) is 15.0. The SMILES string of the molecule is Cc1cc(C)n(-c2cncc(N(C)CC(C)C(=O)O)n2)n1. The number of aromatic nitrogens is 4. The van der Waals surface area contributed by atoms with Crippen LogP contribution in [-0.4, -0.2) is 44.4 Å². The molecule has 21 heavy (non-hydrogen) atoms. The Balaban J connectivity index is 2.25. The van der Waals surface area contributed by atoms with Crippen molar-refractivity contribution in [1.29, 1.82) is 0 Å².